The highest BCUT2D eigenvalue weighted by Crippen LogP contribution is 2.41. The molecular formula is C15H24F3N3. The van der Waals surface area contributed by atoms with Crippen LogP contribution in [-0.2, 0) is 19.4 Å². The molecule has 3 nitrogen and oxygen atoms in total. The van der Waals surface area contributed by atoms with E-state index in [2.05, 4.69) is 5.10 Å². The van der Waals surface area contributed by atoms with E-state index in [1.54, 1.807) is 0 Å². The monoisotopic (exact) mass is 303 g/mol. The maximum atomic E-state index is 12.7. The van der Waals surface area contributed by atoms with Crippen molar-refractivity contribution in [3.05, 3.63) is 17.5 Å². The van der Waals surface area contributed by atoms with E-state index in [1.165, 1.54) is 0 Å². The lowest BCUT2D eigenvalue weighted by Gasteiger charge is -2.37. The summed E-state index contributed by atoms with van der Waals surface area (Å²) in [6, 6.07) is 2.04. The Balaban J connectivity index is 2.05. The van der Waals surface area contributed by atoms with Gasteiger partial charge in [-0.3, -0.25) is 4.68 Å². The number of alkyl halides is 3. The van der Waals surface area contributed by atoms with Crippen LogP contribution in [0.5, 0.6) is 0 Å². The van der Waals surface area contributed by atoms with E-state index in [9.17, 15) is 13.2 Å². The molecule has 0 bridgehead atoms. The second kappa shape index (κ2) is 5.99. The Morgan fingerprint density at radius 1 is 1.33 bits per heavy atom. The normalized spacial score (nSPS) is 27.0. The van der Waals surface area contributed by atoms with Crippen molar-refractivity contribution < 1.29 is 13.2 Å². The summed E-state index contributed by atoms with van der Waals surface area (Å²) >= 11 is 0. The molecule has 0 aliphatic heterocycles. The molecule has 6 heteroatoms. The SMILES string of the molecule is CCc1cc(CC2(N)CCC(C(F)(F)F)CC2)n(CC)n1. The van der Waals surface area contributed by atoms with E-state index < -0.39 is 17.6 Å². The van der Waals surface area contributed by atoms with Crippen molar-refractivity contribution in [2.75, 3.05) is 0 Å². The predicted molar refractivity (Wildman–Crippen MR) is 75.9 cm³/mol. The molecule has 0 unspecified atom stereocenters. The van der Waals surface area contributed by atoms with Gasteiger partial charge in [0.1, 0.15) is 0 Å². The Morgan fingerprint density at radius 3 is 2.43 bits per heavy atom. The molecule has 0 amide bonds. The van der Waals surface area contributed by atoms with E-state index in [-0.39, 0.29) is 12.8 Å². The van der Waals surface area contributed by atoms with Gasteiger partial charge in [-0.25, -0.2) is 0 Å². The summed E-state index contributed by atoms with van der Waals surface area (Å²) in [5, 5.41) is 4.48. The maximum absolute atomic E-state index is 12.7. The van der Waals surface area contributed by atoms with Crippen molar-refractivity contribution in [1.29, 1.82) is 0 Å². The summed E-state index contributed by atoms with van der Waals surface area (Å²) in [6.45, 7) is 4.81. The van der Waals surface area contributed by atoms with Crippen LogP contribution in [0.2, 0.25) is 0 Å². The van der Waals surface area contributed by atoms with Crippen molar-refractivity contribution in [2.24, 2.45) is 11.7 Å². The molecule has 1 aromatic heterocycles. The molecule has 1 fully saturated rings. The highest BCUT2D eigenvalue weighted by molar-refractivity contribution is 5.14. The average molecular weight is 303 g/mol. The van der Waals surface area contributed by atoms with Gasteiger partial charge in [-0.1, -0.05) is 6.92 Å². The van der Waals surface area contributed by atoms with Crippen LogP contribution in [0.15, 0.2) is 6.07 Å². The number of hydrogen-bond acceptors (Lipinski definition) is 2. The minimum atomic E-state index is -4.08. The topological polar surface area (TPSA) is 43.8 Å². The Bertz CT molecular complexity index is 471. The molecule has 120 valence electrons. The van der Waals surface area contributed by atoms with Crippen molar-refractivity contribution in [3.63, 3.8) is 0 Å². The fourth-order valence-electron chi connectivity index (χ4n) is 3.16. The van der Waals surface area contributed by atoms with Gasteiger partial charge in [0.25, 0.3) is 0 Å². The van der Waals surface area contributed by atoms with Crippen LogP contribution in [0.4, 0.5) is 13.2 Å². The van der Waals surface area contributed by atoms with Crippen molar-refractivity contribution in [1.82, 2.24) is 9.78 Å². The molecule has 0 radical (unpaired) electrons. The van der Waals surface area contributed by atoms with Crippen LogP contribution in [0.3, 0.4) is 0 Å². The van der Waals surface area contributed by atoms with Crippen LogP contribution in [-0.4, -0.2) is 21.5 Å². The molecule has 1 aliphatic carbocycles. The standard InChI is InChI=1S/C15H24F3N3/c1-3-12-9-13(21(4-2)20-12)10-14(19)7-5-11(6-8-14)15(16,17)18/h9,11H,3-8,10,19H2,1-2H3. The van der Waals surface area contributed by atoms with Gasteiger partial charge in [0.15, 0.2) is 0 Å². The van der Waals surface area contributed by atoms with Crippen LogP contribution >= 0.6 is 0 Å². The minimum Gasteiger partial charge on any atom is -0.325 e. The smallest absolute Gasteiger partial charge is 0.325 e. The quantitative estimate of drug-likeness (QED) is 0.925. The molecule has 2 rings (SSSR count). The van der Waals surface area contributed by atoms with Gasteiger partial charge in [-0.05, 0) is 45.1 Å². The van der Waals surface area contributed by atoms with Gasteiger partial charge in [0.05, 0.1) is 11.6 Å². The first kappa shape index (κ1) is 16.3. The summed E-state index contributed by atoms with van der Waals surface area (Å²) in [4.78, 5) is 0. The van der Waals surface area contributed by atoms with Gasteiger partial charge in [0, 0.05) is 24.2 Å². The number of aryl methyl sites for hydroxylation is 2. The first-order valence-electron chi connectivity index (χ1n) is 7.68. The molecule has 0 atom stereocenters. The Labute approximate surface area is 123 Å². The summed E-state index contributed by atoms with van der Waals surface area (Å²) in [6.07, 6.45) is -1.49. The van der Waals surface area contributed by atoms with Gasteiger partial charge in [-0.15, -0.1) is 0 Å². The van der Waals surface area contributed by atoms with Gasteiger partial charge in [0.2, 0.25) is 0 Å². The van der Waals surface area contributed by atoms with Crippen molar-refractivity contribution in [2.45, 2.75) is 70.6 Å². The molecule has 0 aromatic carbocycles. The molecule has 1 heterocycles. The van der Waals surface area contributed by atoms with Crippen LogP contribution in [0.25, 0.3) is 0 Å². The number of nitrogens with zero attached hydrogens (tertiary/aromatic N) is 2. The highest BCUT2D eigenvalue weighted by atomic mass is 19.4. The average Bonchev–Trinajstić information content (AvgIpc) is 2.79. The Morgan fingerprint density at radius 2 is 1.95 bits per heavy atom. The first-order valence-corrected chi connectivity index (χ1v) is 7.68. The molecule has 1 aliphatic rings. The van der Waals surface area contributed by atoms with Crippen molar-refractivity contribution in [3.8, 4) is 0 Å². The number of halogens is 3. The lowest BCUT2D eigenvalue weighted by atomic mass is 9.74. The fourth-order valence-corrected chi connectivity index (χ4v) is 3.16. The highest BCUT2D eigenvalue weighted by Gasteiger charge is 2.44. The largest absolute Gasteiger partial charge is 0.391 e. The number of aromatic nitrogens is 2. The zero-order valence-corrected chi connectivity index (χ0v) is 12.7. The van der Waals surface area contributed by atoms with E-state index in [1.807, 2.05) is 24.6 Å². The second-order valence-electron chi connectivity index (χ2n) is 6.15. The number of hydrogen-bond donors (Lipinski definition) is 1. The molecule has 21 heavy (non-hydrogen) atoms. The molecule has 1 aromatic rings. The second-order valence-corrected chi connectivity index (χ2v) is 6.15. The summed E-state index contributed by atoms with van der Waals surface area (Å²) in [5.41, 5.74) is 7.89. The fraction of sp³-hybridized carbons (Fsp3) is 0.800. The van der Waals surface area contributed by atoms with E-state index >= 15 is 0 Å². The molecular weight excluding hydrogens is 279 g/mol. The van der Waals surface area contributed by atoms with Crippen LogP contribution in [0.1, 0.15) is 50.9 Å². The van der Waals surface area contributed by atoms with Gasteiger partial charge >= 0.3 is 6.18 Å². The van der Waals surface area contributed by atoms with E-state index in [0.717, 1.165) is 24.4 Å². The summed E-state index contributed by atoms with van der Waals surface area (Å²) in [5.74, 6) is -1.18. The Hall–Kier alpha value is -1.04. The third kappa shape index (κ3) is 3.78. The van der Waals surface area contributed by atoms with Gasteiger partial charge in [-0.2, -0.15) is 18.3 Å². The first-order chi connectivity index (χ1) is 9.77. The van der Waals surface area contributed by atoms with E-state index in [4.69, 9.17) is 5.73 Å². The van der Waals surface area contributed by atoms with Gasteiger partial charge < -0.3 is 5.73 Å². The Kier molecular flexibility index (Phi) is 4.66. The summed E-state index contributed by atoms with van der Waals surface area (Å²) < 4.78 is 40.1. The number of rotatable bonds is 4. The third-order valence-electron chi connectivity index (χ3n) is 4.55. The molecule has 0 saturated heterocycles. The zero-order chi connectivity index (χ0) is 15.7. The number of nitrogens with two attached hydrogens (primary N) is 1. The molecule has 1 saturated carbocycles. The molecule has 2 N–H and O–H groups in total. The lowest BCUT2D eigenvalue weighted by Crippen LogP contribution is -2.47. The molecule has 0 spiro atoms. The van der Waals surface area contributed by atoms with Crippen LogP contribution in [0, 0.1) is 5.92 Å². The predicted octanol–water partition coefficient (Wildman–Crippen LogP) is 3.46. The zero-order valence-electron chi connectivity index (χ0n) is 12.7. The lowest BCUT2D eigenvalue weighted by molar-refractivity contribution is -0.184. The third-order valence-corrected chi connectivity index (χ3v) is 4.55. The summed E-state index contributed by atoms with van der Waals surface area (Å²) in [7, 11) is 0. The van der Waals surface area contributed by atoms with Crippen LogP contribution < -0.4 is 5.73 Å². The maximum Gasteiger partial charge on any atom is 0.391 e. The van der Waals surface area contributed by atoms with Crippen molar-refractivity contribution >= 4 is 0 Å². The van der Waals surface area contributed by atoms with E-state index in [0.29, 0.717) is 19.3 Å². The minimum absolute atomic E-state index is 0.140.